The van der Waals surface area contributed by atoms with Gasteiger partial charge >= 0.3 is 6.18 Å². The maximum atomic E-state index is 14.0. The summed E-state index contributed by atoms with van der Waals surface area (Å²) in [5.41, 5.74) is 6.50. The van der Waals surface area contributed by atoms with Crippen LogP contribution in [0.3, 0.4) is 0 Å². The predicted molar refractivity (Wildman–Crippen MR) is 200 cm³/mol. The third kappa shape index (κ3) is 6.05. The lowest BCUT2D eigenvalue weighted by Crippen LogP contribution is -2.10. The van der Waals surface area contributed by atoms with Crippen molar-refractivity contribution in [2.75, 3.05) is 0 Å². The molecular formula is C44H33F3N4. The minimum Gasteiger partial charge on any atom is -0.309 e. The zero-order chi connectivity index (χ0) is 35.3. The van der Waals surface area contributed by atoms with Crippen LogP contribution in [0.4, 0.5) is 13.2 Å². The first-order valence-electron chi connectivity index (χ1n) is 16.8. The second-order valence-corrected chi connectivity index (χ2v) is 13.7. The summed E-state index contributed by atoms with van der Waals surface area (Å²) in [6.45, 7) is 6.56. The molecule has 0 aliphatic carbocycles. The molecule has 0 saturated carbocycles. The molecule has 0 aliphatic heterocycles. The lowest BCUT2D eigenvalue weighted by molar-refractivity contribution is -0.137. The highest BCUT2D eigenvalue weighted by Gasteiger charge is 2.31. The van der Waals surface area contributed by atoms with Crippen LogP contribution in [0, 0.1) is 0 Å². The number of aromatic nitrogens is 4. The molecule has 0 N–H and O–H groups in total. The van der Waals surface area contributed by atoms with Crippen molar-refractivity contribution < 1.29 is 13.2 Å². The van der Waals surface area contributed by atoms with Crippen LogP contribution >= 0.6 is 0 Å². The van der Waals surface area contributed by atoms with Crippen LogP contribution in [-0.4, -0.2) is 19.5 Å². The molecular weight excluding hydrogens is 642 g/mol. The zero-order valence-corrected chi connectivity index (χ0v) is 28.3. The van der Waals surface area contributed by atoms with E-state index in [1.54, 1.807) is 6.07 Å². The number of benzene rings is 6. The monoisotopic (exact) mass is 674 g/mol. The fourth-order valence-corrected chi connectivity index (χ4v) is 6.60. The maximum absolute atomic E-state index is 14.0. The van der Waals surface area contributed by atoms with Crippen molar-refractivity contribution in [2.24, 2.45) is 0 Å². The van der Waals surface area contributed by atoms with E-state index >= 15 is 0 Å². The molecule has 6 aromatic carbocycles. The van der Waals surface area contributed by atoms with Gasteiger partial charge in [0.2, 0.25) is 0 Å². The Hall–Kier alpha value is -6.08. The normalized spacial score (nSPS) is 12.1. The number of alkyl halides is 3. The Kier molecular flexibility index (Phi) is 7.79. The van der Waals surface area contributed by atoms with Gasteiger partial charge in [-0.15, -0.1) is 0 Å². The van der Waals surface area contributed by atoms with Crippen LogP contribution in [0.25, 0.3) is 72.8 Å². The van der Waals surface area contributed by atoms with E-state index in [-0.39, 0.29) is 5.41 Å². The van der Waals surface area contributed by atoms with Crippen LogP contribution in [0.5, 0.6) is 0 Å². The molecule has 0 atom stereocenters. The number of hydrogen-bond donors (Lipinski definition) is 0. The predicted octanol–water partition coefficient (Wildman–Crippen LogP) is 12.0. The summed E-state index contributed by atoms with van der Waals surface area (Å²) in [6, 6.07) is 45.4. The van der Waals surface area contributed by atoms with E-state index in [9.17, 15) is 13.2 Å². The number of rotatable bonds is 5. The molecule has 0 radical (unpaired) electrons. The summed E-state index contributed by atoms with van der Waals surface area (Å²) in [5, 5.41) is 2.12. The highest BCUT2D eigenvalue weighted by Crippen LogP contribution is 2.41. The van der Waals surface area contributed by atoms with Gasteiger partial charge < -0.3 is 4.57 Å². The van der Waals surface area contributed by atoms with E-state index in [0.717, 1.165) is 39.0 Å². The first-order chi connectivity index (χ1) is 24.5. The Labute approximate surface area is 293 Å². The Bertz CT molecular complexity index is 2490. The largest absolute Gasteiger partial charge is 0.416 e. The SMILES string of the molecule is CC(C)(C)c1ccc2c(c1)c1ccccc1n2-c1cc(-c2nc(-c3ccccc3)nc(-c3ccccc3)n2)ccc1-c1cccc(C(F)(F)F)c1. The second kappa shape index (κ2) is 12.4. The fraction of sp³-hybridized carbons (Fsp3) is 0.114. The molecule has 4 nitrogen and oxygen atoms in total. The molecule has 7 heteroatoms. The number of nitrogens with zero attached hydrogens (tertiary/aromatic N) is 4. The first kappa shape index (κ1) is 32.1. The molecule has 0 amide bonds. The number of hydrogen-bond acceptors (Lipinski definition) is 3. The van der Waals surface area contributed by atoms with E-state index in [0.29, 0.717) is 39.9 Å². The number of halogens is 3. The Morgan fingerprint density at radius 1 is 0.451 bits per heavy atom. The van der Waals surface area contributed by atoms with Gasteiger partial charge in [-0.2, -0.15) is 13.2 Å². The van der Waals surface area contributed by atoms with Crippen molar-refractivity contribution in [3.63, 3.8) is 0 Å². The third-order valence-electron chi connectivity index (χ3n) is 9.24. The number of fused-ring (bicyclic) bond motifs is 3. The van der Waals surface area contributed by atoms with Crippen LogP contribution in [0.1, 0.15) is 31.9 Å². The minimum atomic E-state index is -4.49. The molecule has 51 heavy (non-hydrogen) atoms. The summed E-state index contributed by atoms with van der Waals surface area (Å²) in [5.74, 6) is 1.50. The van der Waals surface area contributed by atoms with E-state index < -0.39 is 11.7 Å². The quantitative estimate of drug-likeness (QED) is 0.182. The lowest BCUT2D eigenvalue weighted by Gasteiger charge is -2.20. The Morgan fingerprint density at radius 2 is 1.02 bits per heavy atom. The van der Waals surface area contributed by atoms with Crippen molar-refractivity contribution in [1.82, 2.24) is 19.5 Å². The number of para-hydroxylation sites is 1. The molecule has 2 heterocycles. The summed E-state index contributed by atoms with van der Waals surface area (Å²) in [6.07, 6.45) is -4.49. The van der Waals surface area contributed by atoms with Crippen LogP contribution in [-0.2, 0) is 11.6 Å². The van der Waals surface area contributed by atoms with Gasteiger partial charge in [0.25, 0.3) is 0 Å². The molecule has 0 saturated heterocycles. The molecule has 0 fully saturated rings. The van der Waals surface area contributed by atoms with E-state index in [1.807, 2.05) is 91.0 Å². The van der Waals surface area contributed by atoms with Crippen molar-refractivity contribution >= 4 is 21.8 Å². The molecule has 0 aliphatic rings. The topological polar surface area (TPSA) is 43.6 Å². The summed E-state index contributed by atoms with van der Waals surface area (Å²) in [4.78, 5) is 14.8. The lowest BCUT2D eigenvalue weighted by atomic mass is 9.86. The molecule has 8 rings (SSSR count). The molecule has 8 aromatic rings. The van der Waals surface area contributed by atoms with Crippen molar-refractivity contribution in [3.05, 3.63) is 157 Å². The van der Waals surface area contributed by atoms with Gasteiger partial charge in [-0.25, -0.2) is 15.0 Å². The van der Waals surface area contributed by atoms with Crippen LogP contribution < -0.4 is 0 Å². The van der Waals surface area contributed by atoms with Crippen molar-refractivity contribution in [2.45, 2.75) is 32.4 Å². The third-order valence-corrected chi connectivity index (χ3v) is 9.24. The molecule has 0 bridgehead atoms. The average molecular weight is 675 g/mol. The first-order valence-corrected chi connectivity index (χ1v) is 16.8. The smallest absolute Gasteiger partial charge is 0.309 e. The van der Waals surface area contributed by atoms with Gasteiger partial charge in [0.05, 0.1) is 22.3 Å². The van der Waals surface area contributed by atoms with Gasteiger partial charge in [-0.05, 0) is 52.9 Å². The van der Waals surface area contributed by atoms with Crippen molar-refractivity contribution in [1.29, 1.82) is 0 Å². The second-order valence-electron chi connectivity index (χ2n) is 13.7. The van der Waals surface area contributed by atoms with Gasteiger partial charge in [0, 0.05) is 33.0 Å². The minimum absolute atomic E-state index is 0.0773. The average Bonchev–Trinajstić information content (AvgIpc) is 3.48. The molecule has 0 spiro atoms. The van der Waals surface area contributed by atoms with Crippen LogP contribution in [0.15, 0.2) is 146 Å². The fourth-order valence-electron chi connectivity index (χ4n) is 6.60. The van der Waals surface area contributed by atoms with Gasteiger partial charge in [0.15, 0.2) is 17.5 Å². The van der Waals surface area contributed by atoms with E-state index in [1.165, 1.54) is 17.7 Å². The summed E-state index contributed by atoms with van der Waals surface area (Å²) < 4.78 is 44.2. The Balaban J connectivity index is 1.42. The van der Waals surface area contributed by atoms with Gasteiger partial charge in [-0.1, -0.05) is 130 Å². The maximum Gasteiger partial charge on any atom is 0.416 e. The summed E-state index contributed by atoms with van der Waals surface area (Å²) in [7, 11) is 0. The highest BCUT2D eigenvalue weighted by atomic mass is 19.4. The molecule has 2 aromatic heterocycles. The Morgan fingerprint density at radius 3 is 1.65 bits per heavy atom. The van der Waals surface area contributed by atoms with E-state index in [2.05, 4.69) is 55.7 Å². The van der Waals surface area contributed by atoms with Crippen LogP contribution in [0.2, 0.25) is 0 Å². The van der Waals surface area contributed by atoms with Gasteiger partial charge in [0.1, 0.15) is 0 Å². The summed E-state index contributed by atoms with van der Waals surface area (Å²) >= 11 is 0. The van der Waals surface area contributed by atoms with E-state index in [4.69, 9.17) is 15.0 Å². The van der Waals surface area contributed by atoms with Crippen molar-refractivity contribution in [3.8, 4) is 51.0 Å². The van der Waals surface area contributed by atoms with Gasteiger partial charge in [-0.3, -0.25) is 0 Å². The highest BCUT2D eigenvalue weighted by molar-refractivity contribution is 6.10. The zero-order valence-electron chi connectivity index (χ0n) is 28.3. The standard InChI is InChI=1S/C44H33F3N4/c1-43(2,3)32-22-24-38-36(27-32)35-19-10-11-20-37(35)51(38)39-26-31(21-23-34(39)30-17-12-18-33(25-30)44(45,46)47)42-49-40(28-13-6-4-7-14-28)48-41(50-42)29-15-8-5-9-16-29/h4-27H,1-3H3. The molecule has 250 valence electrons. The molecule has 0 unspecified atom stereocenters.